The van der Waals surface area contributed by atoms with E-state index in [4.69, 9.17) is 15.2 Å². The Morgan fingerprint density at radius 3 is 2.69 bits per heavy atom. The lowest BCUT2D eigenvalue weighted by molar-refractivity contribution is 0.0411. The summed E-state index contributed by atoms with van der Waals surface area (Å²) in [6.45, 7) is 4.72. The van der Waals surface area contributed by atoms with Crippen LogP contribution in [-0.2, 0) is 9.47 Å². The van der Waals surface area contributed by atoms with Gasteiger partial charge in [0.2, 0.25) is 0 Å². The fourth-order valence-electron chi connectivity index (χ4n) is 1.62. The van der Waals surface area contributed by atoms with E-state index in [2.05, 4.69) is 0 Å². The van der Waals surface area contributed by atoms with E-state index in [0.29, 0.717) is 52.5 Å². The zero-order valence-corrected chi connectivity index (χ0v) is 9.85. The van der Waals surface area contributed by atoms with Crippen molar-refractivity contribution in [2.45, 2.75) is 0 Å². The fraction of sp³-hybridized carbons (Fsp3) is 0.900. The predicted octanol–water partition coefficient (Wildman–Crippen LogP) is -0.654. The van der Waals surface area contributed by atoms with Crippen molar-refractivity contribution in [3.8, 4) is 0 Å². The first-order valence-corrected chi connectivity index (χ1v) is 5.60. The molecular formula is C10H21N3O3. The second kappa shape index (κ2) is 7.43. The van der Waals surface area contributed by atoms with Crippen molar-refractivity contribution in [3.63, 3.8) is 0 Å². The van der Waals surface area contributed by atoms with Crippen LogP contribution in [0.2, 0.25) is 0 Å². The predicted molar refractivity (Wildman–Crippen MR) is 60.3 cm³/mol. The maximum Gasteiger partial charge on any atom is 0.320 e. The van der Waals surface area contributed by atoms with Crippen LogP contribution in [0, 0.1) is 0 Å². The molecule has 0 aromatic carbocycles. The lowest BCUT2D eigenvalue weighted by atomic mass is 10.4. The summed E-state index contributed by atoms with van der Waals surface area (Å²) in [5.41, 5.74) is 5.49. The van der Waals surface area contributed by atoms with Crippen molar-refractivity contribution < 1.29 is 14.3 Å². The lowest BCUT2D eigenvalue weighted by Gasteiger charge is -2.32. The number of rotatable bonds is 5. The normalized spacial score (nSPS) is 16.2. The first kappa shape index (κ1) is 13.2. The van der Waals surface area contributed by atoms with Gasteiger partial charge in [0.1, 0.15) is 0 Å². The minimum absolute atomic E-state index is 0.0331. The minimum atomic E-state index is 0.0331. The number of carbonyl (C=O) groups is 1. The van der Waals surface area contributed by atoms with E-state index in [1.54, 1.807) is 16.9 Å². The summed E-state index contributed by atoms with van der Waals surface area (Å²) >= 11 is 0. The molecule has 16 heavy (non-hydrogen) atoms. The van der Waals surface area contributed by atoms with E-state index < -0.39 is 0 Å². The Morgan fingerprint density at radius 1 is 1.44 bits per heavy atom. The van der Waals surface area contributed by atoms with Crippen LogP contribution in [0.4, 0.5) is 4.79 Å². The molecule has 0 aromatic rings. The van der Waals surface area contributed by atoms with Crippen molar-refractivity contribution in [1.29, 1.82) is 0 Å². The molecule has 0 spiro atoms. The number of hydrogen-bond donors (Lipinski definition) is 1. The first-order valence-electron chi connectivity index (χ1n) is 5.60. The van der Waals surface area contributed by atoms with Gasteiger partial charge in [0.25, 0.3) is 0 Å². The molecule has 0 saturated carbocycles. The molecule has 0 unspecified atom stereocenters. The number of nitrogens with zero attached hydrogens (tertiary/aromatic N) is 2. The molecule has 0 radical (unpaired) electrons. The van der Waals surface area contributed by atoms with Crippen LogP contribution in [-0.4, -0.2) is 75.5 Å². The molecule has 1 aliphatic heterocycles. The van der Waals surface area contributed by atoms with Crippen LogP contribution >= 0.6 is 0 Å². The topological polar surface area (TPSA) is 68.0 Å². The van der Waals surface area contributed by atoms with Crippen LogP contribution in [0.5, 0.6) is 0 Å². The van der Waals surface area contributed by atoms with Crippen LogP contribution in [0.3, 0.4) is 0 Å². The Labute approximate surface area is 96.3 Å². The number of hydrogen-bond acceptors (Lipinski definition) is 4. The second-order valence-electron chi connectivity index (χ2n) is 3.65. The SMILES string of the molecule is COCCN(CCN)C(=O)N1CCOCC1. The van der Waals surface area contributed by atoms with Crippen LogP contribution in [0.25, 0.3) is 0 Å². The minimum Gasteiger partial charge on any atom is -0.383 e. The monoisotopic (exact) mass is 231 g/mol. The number of ether oxygens (including phenoxy) is 2. The van der Waals surface area contributed by atoms with Gasteiger partial charge in [-0.25, -0.2) is 4.79 Å². The highest BCUT2D eigenvalue weighted by Crippen LogP contribution is 2.03. The van der Waals surface area contributed by atoms with Gasteiger partial charge in [-0.05, 0) is 0 Å². The molecule has 1 rings (SSSR count). The van der Waals surface area contributed by atoms with Crippen LogP contribution in [0.15, 0.2) is 0 Å². The van der Waals surface area contributed by atoms with E-state index in [1.165, 1.54) is 0 Å². The smallest absolute Gasteiger partial charge is 0.320 e. The molecule has 2 amide bonds. The first-order chi connectivity index (χ1) is 7.79. The molecule has 94 valence electrons. The Balaban J connectivity index is 2.44. The zero-order valence-electron chi connectivity index (χ0n) is 9.85. The van der Waals surface area contributed by atoms with Crippen LogP contribution < -0.4 is 5.73 Å². The van der Waals surface area contributed by atoms with E-state index in [0.717, 1.165) is 0 Å². The van der Waals surface area contributed by atoms with Gasteiger partial charge in [0, 0.05) is 39.8 Å². The summed E-state index contributed by atoms with van der Waals surface area (Å²) in [6.07, 6.45) is 0. The van der Waals surface area contributed by atoms with E-state index in [1.807, 2.05) is 0 Å². The van der Waals surface area contributed by atoms with Gasteiger partial charge >= 0.3 is 6.03 Å². The third kappa shape index (κ3) is 3.96. The fourth-order valence-corrected chi connectivity index (χ4v) is 1.62. The number of nitrogens with two attached hydrogens (primary N) is 1. The molecule has 1 aliphatic rings. The molecule has 6 heteroatoms. The molecule has 0 bridgehead atoms. The number of morpholine rings is 1. The van der Waals surface area contributed by atoms with E-state index in [9.17, 15) is 4.79 Å². The van der Waals surface area contributed by atoms with Gasteiger partial charge in [-0.3, -0.25) is 0 Å². The summed E-state index contributed by atoms with van der Waals surface area (Å²) in [5.74, 6) is 0. The molecule has 0 aromatic heterocycles. The average Bonchev–Trinajstić information content (AvgIpc) is 2.35. The van der Waals surface area contributed by atoms with Gasteiger partial charge in [0.15, 0.2) is 0 Å². The Kier molecular flexibility index (Phi) is 6.14. The summed E-state index contributed by atoms with van der Waals surface area (Å²) in [4.78, 5) is 15.6. The number of carbonyl (C=O) groups excluding carboxylic acids is 1. The standard InChI is InChI=1S/C10H21N3O3/c1-15-7-4-12(3-2-11)10(14)13-5-8-16-9-6-13/h2-9,11H2,1H3. The number of urea groups is 1. The number of methoxy groups -OCH3 is 1. The van der Waals surface area contributed by atoms with E-state index in [-0.39, 0.29) is 6.03 Å². The Morgan fingerprint density at radius 2 is 2.12 bits per heavy atom. The molecule has 0 aliphatic carbocycles. The quantitative estimate of drug-likeness (QED) is 0.682. The molecule has 1 heterocycles. The third-order valence-electron chi connectivity index (χ3n) is 2.52. The number of amides is 2. The van der Waals surface area contributed by atoms with Gasteiger partial charge in [0.05, 0.1) is 19.8 Å². The van der Waals surface area contributed by atoms with E-state index >= 15 is 0 Å². The highest BCUT2D eigenvalue weighted by Gasteiger charge is 2.21. The summed E-state index contributed by atoms with van der Waals surface area (Å²) < 4.78 is 10.2. The van der Waals surface area contributed by atoms with Crippen molar-refractivity contribution in [2.75, 3.05) is 59.7 Å². The highest BCUT2D eigenvalue weighted by atomic mass is 16.5. The van der Waals surface area contributed by atoms with Gasteiger partial charge < -0.3 is 25.0 Å². The molecular weight excluding hydrogens is 210 g/mol. The van der Waals surface area contributed by atoms with Crippen molar-refractivity contribution in [2.24, 2.45) is 5.73 Å². The third-order valence-corrected chi connectivity index (χ3v) is 2.52. The van der Waals surface area contributed by atoms with Crippen LogP contribution in [0.1, 0.15) is 0 Å². The van der Waals surface area contributed by atoms with Gasteiger partial charge in [-0.15, -0.1) is 0 Å². The zero-order chi connectivity index (χ0) is 11.8. The van der Waals surface area contributed by atoms with Gasteiger partial charge in [-0.1, -0.05) is 0 Å². The maximum atomic E-state index is 12.1. The highest BCUT2D eigenvalue weighted by molar-refractivity contribution is 5.74. The average molecular weight is 231 g/mol. The molecule has 6 nitrogen and oxygen atoms in total. The lowest BCUT2D eigenvalue weighted by Crippen LogP contribution is -2.50. The van der Waals surface area contributed by atoms with Crippen molar-refractivity contribution in [1.82, 2.24) is 9.80 Å². The van der Waals surface area contributed by atoms with Gasteiger partial charge in [-0.2, -0.15) is 0 Å². The Bertz CT molecular complexity index is 207. The Hall–Kier alpha value is -0.850. The molecule has 1 saturated heterocycles. The van der Waals surface area contributed by atoms with Crippen molar-refractivity contribution in [3.05, 3.63) is 0 Å². The maximum absolute atomic E-state index is 12.1. The molecule has 0 atom stereocenters. The largest absolute Gasteiger partial charge is 0.383 e. The summed E-state index contributed by atoms with van der Waals surface area (Å²) in [6, 6.07) is 0.0331. The summed E-state index contributed by atoms with van der Waals surface area (Å²) in [7, 11) is 1.62. The molecule has 2 N–H and O–H groups in total. The molecule has 1 fully saturated rings. The summed E-state index contributed by atoms with van der Waals surface area (Å²) in [5, 5.41) is 0. The second-order valence-corrected chi connectivity index (χ2v) is 3.65. The van der Waals surface area contributed by atoms with Crippen molar-refractivity contribution >= 4 is 6.03 Å².